The van der Waals surface area contributed by atoms with Gasteiger partial charge in [-0.15, -0.1) is 0 Å². The highest BCUT2D eigenvalue weighted by molar-refractivity contribution is 5.40. The maximum Gasteiger partial charge on any atom is 0.0614 e. The van der Waals surface area contributed by atoms with E-state index < -0.39 is 0 Å². The molecule has 2 aliphatic rings. The minimum Gasteiger partial charge on any atom is -0.392 e. The van der Waals surface area contributed by atoms with Gasteiger partial charge in [-0.05, 0) is 36.0 Å². The molecule has 0 spiro atoms. The number of aliphatic hydroxyl groups excluding tert-OH is 1. The molecule has 1 aromatic heterocycles. The smallest absolute Gasteiger partial charge is 0.0614 e. The van der Waals surface area contributed by atoms with E-state index in [-0.39, 0.29) is 6.10 Å². The van der Waals surface area contributed by atoms with Crippen LogP contribution in [0.2, 0.25) is 0 Å². The van der Waals surface area contributed by atoms with Crippen molar-refractivity contribution in [1.82, 2.24) is 4.98 Å². The van der Waals surface area contributed by atoms with E-state index in [2.05, 4.69) is 11.1 Å². The first-order valence-corrected chi connectivity index (χ1v) is 4.48. The zero-order chi connectivity index (χ0) is 8.13. The number of fused-ring (bicyclic) bond motifs is 5. The minimum absolute atomic E-state index is 0.0927. The Morgan fingerprint density at radius 2 is 2.25 bits per heavy atom. The summed E-state index contributed by atoms with van der Waals surface area (Å²) in [4.78, 5) is 4.12. The maximum absolute atomic E-state index is 9.65. The second-order valence-electron chi connectivity index (χ2n) is 3.85. The summed E-state index contributed by atoms with van der Waals surface area (Å²) in [6, 6.07) is 2.06. The lowest BCUT2D eigenvalue weighted by atomic mass is 9.91. The Hall–Kier alpha value is -0.890. The van der Waals surface area contributed by atoms with Gasteiger partial charge >= 0.3 is 0 Å². The van der Waals surface area contributed by atoms with Crippen LogP contribution in [0.4, 0.5) is 0 Å². The van der Waals surface area contributed by atoms with Crippen LogP contribution >= 0.6 is 0 Å². The van der Waals surface area contributed by atoms with Gasteiger partial charge in [0, 0.05) is 18.3 Å². The summed E-state index contributed by atoms with van der Waals surface area (Å²) < 4.78 is 0. The first-order valence-electron chi connectivity index (χ1n) is 4.48. The molecule has 3 unspecified atom stereocenters. The third-order valence-corrected chi connectivity index (χ3v) is 3.26. The van der Waals surface area contributed by atoms with Crippen molar-refractivity contribution in [2.24, 2.45) is 0 Å². The predicted molar refractivity (Wildman–Crippen MR) is 45.0 cm³/mol. The highest BCUT2D eigenvalue weighted by Crippen LogP contribution is 2.52. The van der Waals surface area contributed by atoms with Gasteiger partial charge in [0.15, 0.2) is 0 Å². The number of hydrogen-bond donors (Lipinski definition) is 1. The first-order chi connectivity index (χ1) is 5.86. The third kappa shape index (κ3) is 0.661. The Balaban J connectivity index is 2.17. The average molecular weight is 161 g/mol. The summed E-state index contributed by atoms with van der Waals surface area (Å²) in [5, 5.41) is 9.65. The van der Waals surface area contributed by atoms with E-state index in [4.69, 9.17) is 0 Å². The van der Waals surface area contributed by atoms with Crippen LogP contribution < -0.4 is 0 Å². The van der Waals surface area contributed by atoms with Crippen LogP contribution in [-0.2, 0) is 0 Å². The van der Waals surface area contributed by atoms with Crippen LogP contribution in [0.25, 0.3) is 0 Å². The molecule has 0 saturated heterocycles. The zero-order valence-electron chi connectivity index (χ0n) is 6.77. The molecule has 3 atom stereocenters. The highest BCUT2D eigenvalue weighted by atomic mass is 16.3. The molecule has 2 heteroatoms. The summed E-state index contributed by atoms with van der Waals surface area (Å²) in [7, 11) is 0. The quantitative estimate of drug-likeness (QED) is 0.624. The molecule has 2 aliphatic carbocycles. The summed E-state index contributed by atoms with van der Waals surface area (Å²) in [5.41, 5.74) is 2.72. The van der Waals surface area contributed by atoms with Gasteiger partial charge in [-0.1, -0.05) is 0 Å². The Morgan fingerprint density at radius 1 is 1.33 bits per heavy atom. The van der Waals surface area contributed by atoms with E-state index in [0.717, 1.165) is 12.8 Å². The summed E-state index contributed by atoms with van der Waals surface area (Å²) in [6.45, 7) is 0. The Morgan fingerprint density at radius 3 is 3.17 bits per heavy atom. The highest BCUT2D eigenvalue weighted by Gasteiger charge is 2.42. The van der Waals surface area contributed by atoms with Crippen molar-refractivity contribution in [3.8, 4) is 0 Å². The fraction of sp³-hybridized carbons (Fsp3) is 0.500. The lowest BCUT2D eigenvalue weighted by Gasteiger charge is -2.18. The van der Waals surface area contributed by atoms with Crippen LogP contribution in [0.3, 0.4) is 0 Å². The predicted octanol–water partition coefficient (Wildman–Crippen LogP) is 1.42. The van der Waals surface area contributed by atoms with Gasteiger partial charge in [0.1, 0.15) is 0 Å². The van der Waals surface area contributed by atoms with E-state index in [9.17, 15) is 5.11 Å². The first kappa shape index (κ1) is 6.61. The van der Waals surface area contributed by atoms with Gasteiger partial charge < -0.3 is 5.11 Å². The monoisotopic (exact) mass is 161 g/mol. The van der Waals surface area contributed by atoms with Crippen molar-refractivity contribution in [1.29, 1.82) is 0 Å². The second kappa shape index (κ2) is 2.07. The topological polar surface area (TPSA) is 33.1 Å². The zero-order valence-corrected chi connectivity index (χ0v) is 6.77. The number of nitrogens with zero attached hydrogens (tertiary/aromatic N) is 1. The van der Waals surface area contributed by atoms with E-state index in [1.165, 1.54) is 11.1 Å². The molecule has 0 aliphatic heterocycles. The van der Waals surface area contributed by atoms with Crippen LogP contribution in [0.15, 0.2) is 18.5 Å². The number of aromatic nitrogens is 1. The summed E-state index contributed by atoms with van der Waals surface area (Å²) in [5.74, 6) is 1.00. The number of rotatable bonds is 0. The van der Waals surface area contributed by atoms with Gasteiger partial charge in [-0.3, -0.25) is 4.98 Å². The molecule has 2 nitrogen and oxygen atoms in total. The van der Waals surface area contributed by atoms with Gasteiger partial charge in [0.2, 0.25) is 0 Å². The largest absolute Gasteiger partial charge is 0.392 e. The summed E-state index contributed by atoms with van der Waals surface area (Å²) in [6.07, 6.45) is 5.79. The van der Waals surface area contributed by atoms with E-state index in [1.807, 2.05) is 12.4 Å². The molecule has 1 heterocycles. The lowest BCUT2D eigenvalue weighted by molar-refractivity contribution is 0.158. The van der Waals surface area contributed by atoms with Crippen LogP contribution in [0.1, 0.15) is 35.8 Å². The van der Waals surface area contributed by atoms with Crippen molar-refractivity contribution < 1.29 is 5.11 Å². The Bertz CT molecular complexity index is 323. The van der Waals surface area contributed by atoms with E-state index >= 15 is 0 Å². The number of aliphatic hydroxyl groups is 1. The molecule has 3 rings (SSSR count). The SMILES string of the molecule is OC1CC2CC1c1ccncc12. The molecular formula is C10H11NO. The number of hydrogen-bond acceptors (Lipinski definition) is 2. The molecule has 62 valence electrons. The van der Waals surface area contributed by atoms with Crippen LogP contribution in [0.5, 0.6) is 0 Å². The van der Waals surface area contributed by atoms with E-state index in [1.54, 1.807) is 0 Å². The molecule has 0 aromatic carbocycles. The lowest BCUT2D eigenvalue weighted by Crippen LogP contribution is -2.15. The van der Waals surface area contributed by atoms with Gasteiger partial charge in [-0.25, -0.2) is 0 Å². The van der Waals surface area contributed by atoms with Crippen LogP contribution in [0, 0.1) is 0 Å². The van der Waals surface area contributed by atoms with E-state index in [0.29, 0.717) is 11.8 Å². The molecule has 2 bridgehead atoms. The average Bonchev–Trinajstić information content (AvgIpc) is 2.62. The number of pyridine rings is 1. The molecular weight excluding hydrogens is 150 g/mol. The molecule has 1 saturated carbocycles. The molecule has 1 fully saturated rings. The molecule has 0 radical (unpaired) electrons. The molecule has 1 N–H and O–H groups in total. The van der Waals surface area contributed by atoms with Gasteiger partial charge in [-0.2, -0.15) is 0 Å². The fourth-order valence-electron chi connectivity index (χ4n) is 2.70. The second-order valence-corrected chi connectivity index (χ2v) is 3.85. The standard InChI is InChI=1S/C10H11NO/c12-10-4-6-3-8(10)7-1-2-11-5-9(6)7/h1-2,5-6,8,10,12H,3-4H2. The third-order valence-electron chi connectivity index (χ3n) is 3.26. The van der Waals surface area contributed by atoms with Crippen molar-refractivity contribution in [3.63, 3.8) is 0 Å². The Kier molecular flexibility index (Phi) is 1.14. The molecule has 12 heavy (non-hydrogen) atoms. The maximum atomic E-state index is 9.65. The van der Waals surface area contributed by atoms with Gasteiger partial charge in [0.05, 0.1) is 6.10 Å². The normalized spacial score (nSPS) is 36.9. The van der Waals surface area contributed by atoms with Crippen molar-refractivity contribution in [2.75, 3.05) is 0 Å². The van der Waals surface area contributed by atoms with Crippen molar-refractivity contribution in [2.45, 2.75) is 30.8 Å². The van der Waals surface area contributed by atoms with Crippen molar-refractivity contribution >= 4 is 0 Å². The van der Waals surface area contributed by atoms with Crippen molar-refractivity contribution in [3.05, 3.63) is 29.6 Å². The molecule has 0 amide bonds. The Labute approximate surface area is 71.3 Å². The van der Waals surface area contributed by atoms with Crippen LogP contribution in [-0.4, -0.2) is 16.2 Å². The fourth-order valence-corrected chi connectivity index (χ4v) is 2.70. The molecule has 1 aromatic rings. The summed E-state index contributed by atoms with van der Waals surface area (Å²) >= 11 is 0. The minimum atomic E-state index is -0.0927. The van der Waals surface area contributed by atoms with Gasteiger partial charge in [0.25, 0.3) is 0 Å².